The standard InChI is InChI=1S/C14H24N2OS/c1-4-7-18-10-13(16-15)9-12-8-11(2)5-6-14(12)17-3/h5-6,8,13,16H,4,7,9-10,15H2,1-3H3. The largest absolute Gasteiger partial charge is 0.496 e. The highest BCUT2D eigenvalue weighted by Gasteiger charge is 2.11. The molecule has 102 valence electrons. The molecule has 1 rings (SSSR count). The fraction of sp³-hybridized carbons (Fsp3) is 0.571. The summed E-state index contributed by atoms with van der Waals surface area (Å²) in [6.07, 6.45) is 2.10. The van der Waals surface area contributed by atoms with Crippen LogP contribution < -0.4 is 16.0 Å². The molecule has 0 aliphatic carbocycles. The van der Waals surface area contributed by atoms with Gasteiger partial charge in [-0.05, 0) is 37.1 Å². The number of hydrogen-bond acceptors (Lipinski definition) is 4. The first-order chi connectivity index (χ1) is 8.71. The number of hydrazine groups is 1. The maximum absolute atomic E-state index is 5.63. The Morgan fingerprint density at radius 3 is 2.83 bits per heavy atom. The number of thioether (sulfide) groups is 1. The SMILES string of the molecule is CCCSCC(Cc1cc(C)ccc1OC)NN. The Morgan fingerprint density at radius 2 is 2.22 bits per heavy atom. The van der Waals surface area contributed by atoms with E-state index in [2.05, 4.69) is 31.4 Å². The molecule has 4 heteroatoms. The Labute approximate surface area is 114 Å². The molecular formula is C14H24N2OS. The molecule has 1 unspecified atom stereocenters. The van der Waals surface area contributed by atoms with Crippen molar-refractivity contribution in [1.82, 2.24) is 5.43 Å². The van der Waals surface area contributed by atoms with E-state index >= 15 is 0 Å². The van der Waals surface area contributed by atoms with Gasteiger partial charge in [0.05, 0.1) is 7.11 Å². The molecule has 3 nitrogen and oxygen atoms in total. The van der Waals surface area contributed by atoms with Crippen molar-refractivity contribution in [2.75, 3.05) is 18.6 Å². The van der Waals surface area contributed by atoms with Crippen molar-refractivity contribution in [1.29, 1.82) is 0 Å². The van der Waals surface area contributed by atoms with Gasteiger partial charge in [0, 0.05) is 11.8 Å². The van der Waals surface area contributed by atoms with Gasteiger partial charge in [-0.25, -0.2) is 0 Å². The minimum Gasteiger partial charge on any atom is -0.496 e. The summed E-state index contributed by atoms with van der Waals surface area (Å²) in [5.41, 5.74) is 5.38. The van der Waals surface area contributed by atoms with Gasteiger partial charge in [-0.1, -0.05) is 24.6 Å². The number of hydrogen-bond donors (Lipinski definition) is 2. The first-order valence-electron chi connectivity index (χ1n) is 6.38. The van der Waals surface area contributed by atoms with Crippen LogP contribution in [0.15, 0.2) is 18.2 Å². The molecule has 0 aromatic heterocycles. The van der Waals surface area contributed by atoms with Gasteiger partial charge < -0.3 is 4.74 Å². The van der Waals surface area contributed by atoms with Crippen molar-refractivity contribution in [3.05, 3.63) is 29.3 Å². The summed E-state index contributed by atoms with van der Waals surface area (Å²) in [6, 6.07) is 6.56. The minimum absolute atomic E-state index is 0.289. The molecule has 0 radical (unpaired) electrons. The van der Waals surface area contributed by atoms with E-state index in [1.54, 1.807) is 7.11 Å². The lowest BCUT2D eigenvalue weighted by molar-refractivity contribution is 0.406. The second-order valence-electron chi connectivity index (χ2n) is 4.46. The molecule has 3 N–H and O–H groups in total. The van der Waals surface area contributed by atoms with E-state index in [-0.39, 0.29) is 6.04 Å². The molecule has 0 spiro atoms. The second kappa shape index (κ2) is 8.40. The summed E-state index contributed by atoms with van der Waals surface area (Å²) in [5.74, 6) is 8.79. The van der Waals surface area contributed by atoms with Crippen LogP contribution in [0, 0.1) is 6.92 Å². The summed E-state index contributed by atoms with van der Waals surface area (Å²) in [6.45, 7) is 4.29. The van der Waals surface area contributed by atoms with Crippen LogP contribution >= 0.6 is 11.8 Å². The molecular weight excluding hydrogens is 244 g/mol. The summed E-state index contributed by atoms with van der Waals surface area (Å²) in [7, 11) is 1.71. The van der Waals surface area contributed by atoms with E-state index in [1.165, 1.54) is 23.3 Å². The first kappa shape index (κ1) is 15.3. The van der Waals surface area contributed by atoms with Crippen LogP contribution in [0.3, 0.4) is 0 Å². The van der Waals surface area contributed by atoms with Crippen molar-refractivity contribution in [3.63, 3.8) is 0 Å². The van der Waals surface area contributed by atoms with Gasteiger partial charge in [-0.3, -0.25) is 11.3 Å². The fourth-order valence-corrected chi connectivity index (χ4v) is 2.82. The quantitative estimate of drug-likeness (QED) is 0.432. The van der Waals surface area contributed by atoms with Crippen molar-refractivity contribution in [2.45, 2.75) is 32.7 Å². The van der Waals surface area contributed by atoms with Crippen LogP contribution in [-0.4, -0.2) is 24.7 Å². The zero-order chi connectivity index (χ0) is 13.4. The van der Waals surface area contributed by atoms with Crippen molar-refractivity contribution >= 4 is 11.8 Å². The second-order valence-corrected chi connectivity index (χ2v) is 5.61. The molecule has 0 fully saturated rings. The molecule has 0 heterocycles. The summed E-state index contributed by atoms with van der Waals surface area (Å²) < 4.78 is 5.40. The first-order valence-corrected chi connectivity index (χ1v) is 7.54. The number of nitrogens with two attached hydrogens (primary N) is 1. The van der Waals surface area contributed by atoms with Gasteiger partial charge >= 0.3 is 0 Å². The average Bonchev–Trinajstić information content (AvgIpc) is 2.38. The topological polar surface area (TPSA) is 47.3 Å². The van der Waals surface area contributed by atoms with Crippen LogP contribution in [0.5, 0.6) is 5.75 Å². The van der Waals surface area contributed by atoms with Crippen molar-refractivity contribution < 1.29 is 4.74 Å². The molecule has 1 atom stereocenters. The predicted octanol–water partition coefficient (Wildman–Crippen LogP) is 2.52. The lowest BCUT2D eigenvalue weighted by atomic mass is 10.0. The van der Waals surface area contributed by atoms with Gasteiger partial charge in [0.1, 0.15) is 5.75 Å². The van der Waals surface area contributed by atoms with Gasteiger partial charge in [-0.15, -0.1) is 0 Å². The predicted molar refractivity (Wildman–Crippen MR) is 80.2 cm³/mol. The van der Waals surface area contributed by atoms with Crippen LogP contribution in [0.1, 0.15) is 24.5 Å². The van der Waals surface area contributed by atoms with E-state index < -0.39 is 0 Å². The monoisotopic (exact) mass is 268 g/mol. The highest BCUT2D eigenvalue weighted by atomic mass is 32.2. The maximum Gasteiger partial charge on any atom is 0.122 e. The molecule has 0 bridgehead atoms. The average molecular weight is 268 g/mol. The zero-order valence-electron chi connectivity index (χ0n) is 11.5. The number of benzene rings is 1. The Bertz CT molecular complexity index is 358. The summed E-state index contributed by atoms with van der Waals surface area (Å²) in [4.78, 5) is 0. The van der Waals surface area contributed by atoms with Crippen LogP contribution in [0.4, 0.5) is 0 Å². The van der Waals surface area contributed by atoms with Crippen molar-refractivity contribution in [2.24, 2.45) is 5.84 Å². The third-order valence-corrected chi connectivity index (χ3v) is 4.14. The molecule has 1 aromatic rings. The number of rotatable bonds is 8. The Morgan fingerprint density at radius 1 is 1.44 bits per heavy atom. The van der Waals surface area contributed by atoms with E-state index in [0.29, 0.717) is 0 Å². The van der Waals surface area contributed by atoms with E-state index in [9.17, 15) is 0 Å². The third kappa shape index (κ3) is 4.88. The lowest BCUT2D eigenvalue weighted by Crippen LogP contribution is -2.38. The van der Waals surface area contributed by atoms with Gasteiger partial charge in [-0.2, -0.15) is 11.8 Å². The normalized spacial score (nSPS) is 12.4. The third-order valence-electron chi connectivity index (χ3n) is 2.81. The van der Waals surface area contributed by atoms with Gasteiger partial charge in [0.15, 0.2) is 0 Å². The molecule has 1 aromatic carbocycles. The smallest absolute Gasteiger partial charge is 0.122 e. The van der Waals surface area contributed by atoms with Crippen LogP contribution in [0.25, 0.3) is 0 Å². The van der Waals surface area contributed by atoms with E-state index in [0.717, 1.165) is 17.9 Å². The number of aryl methyl sites for hydroxylation is 1. The van der Waals surface area contributed by atoms with Crippen LogP contribution in [0.2, 0.25) is 0 Å². The summed E-state index contributed by atoms with van der Waals surface area (Å²) >= 11 is 1.94. The maximum atomic E-state index is 5.63. The van der Waals surface area contributed by atoms with Gasteiger partial charge in [0.2, 0.25) is 0 Å². The highest BCUT2D eigenvalue weighted by molar-refractivity contribution is 7.99. The number of methoxy groups -OCH3 is 1. The Kier molecular flexibility index (Phi) is 7.16. The molecule has 0 aliphatic heterocycles. The fourth-order valence-electron chi connectivity index (χ4n) is 1.87. The number of ether oxygens (including phenoxy) is 1. The molecule has 18 heavy (non-hydrogen) atoms. The summed E-state index contributed by atoms with van der Waals surface area (Å²) in [5, 5.41) is 0. The van der Waals surface area contributed by atoms with E-state index in [4.69, 9.17) is 10.6 Å². The highest BCUT2D eigenvalue weighted by Crippen LogP contribution is 2.22. The molecule has 0 amide bonds. The van der Waals surface area contributed by atoms with E-state index in [1.807, 2.05) is 17.8 Å². The van der Waals surface area contributed by atoms with Crippen molar-refractivity contribution in [3.8, 4) is 5.75 Å². The Balaban J connectivity index is 2.65. The number of nitrogens with one attached hydrogen (secondary N) is 1. The Hall–Kier alpha value is -0.710. The van der Waals surface area contributed by atoms with Gasteiger partial charge in [0.25, 0.3) is 0 Å². The lowest BCUT2D eigenvalue weighted by Gasteiger charge is -2.17. The molecule has 0 saturated carbocycles. The molecule has 0 aliphatic rings. The zero-order valence-corrected chi connectivity index (χ0v) is 12.3. The molecule has 0 saturated heterocycles. The minimum atomic E-state index is 0.289. The van der Waals surface area contributed by atoms with Crippen LogP contribution in [-0.2, 0) is 6.42 Å².